The van der Waals surface area contributed by atoms with Crippen LogP contribution in [0.1, 0.15) is 43.7 Å². The highest BCUT2D eigenvalue weighted by Crippen LogP contribution is 2.24. The summed E-state index contributed by atoms with van der Waals surface area (Å²) in [5.41, 5.74) is 1.36. The van der Waals surface area contributed by atoms with E-state index in [0.717, 1.165) is 6.42 Å². The van der Waals surface area contributed by atoms with Gasteiger partial charge in [0.05, 0.1) is 0 Å². The van der Waals surface area contributed by atoms with Crippen LogP contribution in [0.2, 0.25) is 0 Å². The molecular weight excluding hydrogens is 218 g/mol. The van der Waals surface area contributed by atoms with Gasteiger partial charge in [0, 0.05) is 23.6 Å². The Balaban J connectivity index is 2.61. The zero-order chi connectivity index (χ0) is 12.1. The maximum Gasteiger partial charge on any atom is 0.0445 e. The molecule has 92 valence electrons. The minimum absolute atomic E-state index is 0.256. The van der Waals surface area contributed by atoms with Crippen LogP contribution in [0.5, 0.6) is 0 Å². The van der Waals surface area contributed by atoms with E-state index in [9.17, 15) is 0 Å². The Labute approximate surface area is 103 Å². The molecule has 0 fully saturated rings. The lowest BCUT2D eigenvalue weighted by atomic mass is 10.00. The third kappa shape index (κ3) is 3.58. The van der Waals surface area contributed by atoms with Crippen LogP contribution in [0.15, 0.2) is 11.4 Å². The van der Waals surface area contributed by atoms with E-state index in [2.05, 4.69) is 44.5 Å². The number of nitrogens with one attached hydrogen (secondary N) is 1. The molecule has 0 amide bonds. The van der Waals surface area contributed by atoms with Crippen LogP contribution >= 0.6 is 11.3 Å². The monoisotopic (exact) mass is 241 g/mol. The molecule has 1 aromatic heterocycles. The molecule has 2 nitrogen and oxygen atoms in total. The van der Waals surface area contributed by atoms with Crippen molar-refractivity contribution in [1.82, 2.24) is 5.32 Å². The van der Waals surface area contributed by atoms with E-state index in [1.54, 1.807) is 11.3 Å². The highest BCUT2D eigenvalue weighted by molar-refractivity contribution is 7.10. The highest BCUT2D eigenvalue weighted by atomic mass is 32.1. The second kappa shape index (κ2) is 6.38. The van der Waals surface area contributed by atoms with Crippen molar-refractivity contribution in [2.45, 2.75) is 46.2 Å². The Hall–Kier alpha value is -0.380. The number of aliphatic hydroxyl groups excluding tert-OH is 1. The average Bonchev–Trinajstić information content (AvgIpc) is 2.63. The van der Waals surface area contributed by atoms with Crippen molar-refractivity contribution in [3.63, 3.8) is 0 Å². The van der Waals surface area contributed by atoms with Gasteiger partial charge >= 0.3 is 0 Å². The molecule has 0 aliphatic heterocycles. The van der Waals surface area contributed by atoms with E-state index < -0.39 is 0 Å². The molecule has 1 rings (SSSR count). The molecule has 2 unspecified atom stereocenters. The first-order valence-corrected chi connectivity index (χ1v) is 6.85. The van der Waals surface area contributed by atoms with Crippen LogP contribution in [0.25, 0.3) is 0 Å². The fraction of sp³-hybridized carbons (Fsp3) is 0.692. The molecule has 0 spiro atoms. The van der Waals surface area contributed by atoms with Gasteiger partial charge in [-0.25, -0.2) is 0 Å². The van der Waals surface area contributed by atoms with Gasteiger partial charge in [-0.05, 0) is 43.2 Å². The molecule has 0 saturated carbocycles. The molecule has 3 heteroatoms. The van der Waals surface area contributed by atoms with Crippen LogP contribution in [0.3, 0.4) is 0 Å². The van der Waals surface area contributed by atoms with Crippen molar-refractivity contribution in [3.05, 3.63) is 21.9 Å². The summed E-state index contributed by atoms with van der Waals surface area (Å²) < 4.78 is 0. The van der Waals surface area contributed by atoms with Crippen molar-refractivity contribution >= 4 is 11.3 Å². The Bertz CT molecular complexity index is 309. The lowest BCUT2D eigenvalue weighted by molar-refractivity contribution is 0.237. The van der Waals surface area contributed by atoms with Crippen LogP contribution in [-0.4, -0.2) is 17.8 Å². The molecule has 2 atom stereocenters. The number of thiophene rings is 1. The largest absolute Gasteiger partial charge is 0.396 e. The van der Waals surface area contributed by atoms with E-state index in [-0.39, 0.29) is 6.61 Å². The normalized spacial score (nSPS) is 15.4. The predicted molar refractivity (Wildman–Crippen MR) is 70.9 cm³/mol. The van der Waals surface area contributed by atoms with Crippen LogP contribution in [0.4, 0.5) is 0 Å². The van der Waals surface area contributed by atoms with Gasteiger partial charge in [0.2, 0.25) is 0 Å². The fourth-order valence-corrected chi connectivity index (χ4v) is 2.92. The van der Waals surface area contributed by atoms with E-state index in [4.69, 9.17) is 5.11 Å². The minimum Gasteiger partial charge on any atom is -0.396 e. The lowest BCUT2D eigenvalue weighted by Gasteiger charge is -2.26. The second-order valence-electron chi connectivity index (χ2n) is 4.72. The van der Waals surface area contributed by atoms with Gasteiger partial charge in [-0.1, -0.05) is 13.8 Å². The molecule has 0 saturated heterocycles. The number of rotatable bonds is 6. The van der Waals surface area contributed by atoms with Crippen molar-refractivity contribution in [2.24, 2.45) is 5.92 Å². The number of hydrogen-bond acceptors (Lipinski definition) is 3. The fourth-order valence-electron chi connectivity index (χ4n) is 1.97. The average molecular weight is 241 g/mol. The SMILES string of the molecule is Cc1ccsc1C(C)NC(CCO)C(C)C. The topological polar surface area (TPSA) is 32.3 Å². The van der Waals surface area contributed by atoms with E-state index in [0.29, 0.717) is 18.0 Å². The summed E-state index contributed by atoms with van der Waals surface area (Å²) >= 11 is 1.80. The third-order valence-electron chi connectivity index (χ3n) is 3.00. The van der Waals surface area contributed by atoms with Crippen molar-refractivity contribution in [1.29, 1.82) is 0 Å². The minimum atomic E-state index is 0.256. The summed E-state index contributed by atoms with van der Waals surface area (Å²) in [6, 6.07) is 2.93. The van der Waals surface area contributed by atoms with Gasteiger partial charge in [0.15, 0.2) is 0 Å². The zero-order valence-electron chi connectivity index (χ0n) is 10.7. The molecule has 16 heavy (non-hydrogen) atoms. The standard InChI is InChI=1S/C13H23NOS/c1-9(2)12(5-7-15)14-11(4)13-10(3)6-8-16-13/h6,8-9,11-12,14-15H,5,7H2,1-4H3. The molecule has 0 aliphatic rings. The Morgan fingerprint density at radius 3 is 2.50 bits per heavy atom. The first-order valence-electron chi connectivity index (χ1n) is 5.97. The van der Waals surface area contributed by atoms with Gasteiger partial charge in [-0.15, -0.1) is 11.3 Å². The highest BCUT2D eigenvalue weighted by Gasteiger charge is 2.17. The molecule has 1 aromatic rings. The lowest BCUT2D eigenvalue weighted by Crippen LogP contribution is -2.36. The molecule has 2 N–H and O–H groups in total. The van der Waals surface area contributed by atoms with Crippen LogP contribution in [0, 0.1) is 12.8 Å². The predicted octanol–water partition coefficient (Wildman–Crippen LogP) is 3.11. The van der Waals surface area contributed by atoms with Gasteiger partial charge in [0.1, 0.15) is 0 Å². The van der Waals surface area contributed by atoms with Crippen LogP contribution < -0.4 is 5.32 Å². The van der Waals surface area contributed by atoms with Crippen molar-refractivity contribution in [2.75, 3.05) is 6.61 Å². The molecule has 1 heterocycles. The molecule has 0 aliphatic carbocycles. The summed E-state index contributed by atoms with van der Waals surface area (Å²) in [7, 11) is 0. The smallest absolute Gasteiger partial charge is 0.0445 e. The summed E-state index contributed by atoms with van der Waals surface area (Å²) in [5.74, 6) is 0.551. The molecule has 0 aromatic carbocycles. The first-order chi connectivity index (χ1) is 7.56. The maximum atomic E-state index is 9.05. The molecule has 0 radical (unpaired) electrons. The third-order valence-corrected chi connectivity index (χ3v) is 4.21. The summed E-state index contributed by atoms with van der Waals surface area (Å²) in [6.45, 7) is 9.00. The summed E-state index contributed by atoms with van der Waals surface area (Å²) in [6.07, 6.45) is 0.826. The molecule has 0 bridgehead atoms. The Morgan fingerprint density at radius 2 is 2.06 bits per heavy atom. The second-order valence-corrected chi connectivity index (χ2v) is 5.67. The molecular formula is C13H23NOS. The van der Waals surface area contributed by atoms with Crippen molar-refractivity contribution < 1.29 is 5.11 Å². The van der Waals surface area contributed by atoms with E-state index in [1.165, 1.54) is 10.4 Å². The summed E-state index contributed by atoms with van der Waals surface area (Å²) in [5, 5.41) is 14.8. The van der Waals surface area contributed by atoms with E-state index >= 15 is 0 Å². The van der Waals surface area contributed by atoms with Gasteiger partial charge in [-0.2, -0.15) is 0 Å². The van der Waals surface area contributed by atoms with Crippen molar-refractivity contribution in [3.8, 4) is 0 Å². The number of aliphatic hydroxyl groups is 1. The van der Waals surface area contributed by atoms with E-state index in [1.807, 2.05) is 0 Å². The zero-order valence-corrected chi connectivity index (χ0v) is 11.5. The number of aryl methyl sites for hydroxylation is 1. The Kier molecular flexibility index (Phi) is 5.46. The van der Waals surface area contributed by atoms with Gasteiger partial charge in [0.25, 0.3) is 0 Å². The Morgan fingerprint density at radius 1 is 1.38 bits per heavy atom. The maximum absolute atomic E-state index is 9.05. The quantitative estimate of drug-likeness (QED) is 0.802. The van der Waals surface area contributed by atoms with Gasteiger partial charge in [-0.3, -0.25) is 0 Å². The first kappa shape index (κ1) is 13.7. The summed E-state index contributed by atoms with van der Waals surface area (Å²) in [4.78, 5) is 1.41. The number of hydrogen-bond donors (Lipinski definition) is 2. The van der Waals surface area contributed by atoms with Gasteiger partial charge < -0.3 is 10.4 Å². The van der Waals surface area contributed by atoms with Crippen LogP contribution in [-0.2, 0) is 0 Å².